The van der Waals surface area contributed by atoms with Gasteiger partial charge in [0.1, 0.15) is 22.8 Å². The number of nitrogens with one attached hydrogen (secondary N) is 2. The Morgan fingerprint density at radius 2 is 1.88 bits per heavy atom. The molecular weight excluding hydrogens is 452 g/mol. The first-order valence-electron chi connectivity index (χ1n) is 11.4. The van der Waals surface area contributed by atoms with Gasteiger partial charge in [0.2, 0.25) is 5.91 Å². The minimum atomic E-state index is -0.620. The molecule has 0 bridgehead atoms. The van der Waals surface area contributed by atoms with Gasteiger partial charge in [0.25, 0.3) is 0 Å². The molecule has 2 atom stereocenters. The molecule has 0 spiro atoms. The van der Waals surface area contributed by atoms with Gasteiger partial charge < -0.3 is 19.9 Å². The second kappa shape index (κ2) is 9.33. The Hall–Kier alpha value is -3.00. The Bertz CT molecular complexity index is 1160. The fraction of sp³-hybridized carbons (Fsp3) is 0.423. The van der Waals surface area contributed by atoms with E-state index in [0.717, 1.165) is 28.9 Å². The molecule has 7 nitrogen and oxygen atoms in total. The van der Waals surface area contributed by atoms with Gasteiger partial charge in [-0.1, -0.05) is 23.9 Å². The van der Waals surface area contributed by atoms with E-state index >= 15 is 0 Å². The summed E-state index contributed by atoms with van der Waals surface area (Å²) in [5.74, 6) is 1.38. The van der Waals surface area contributed by atoms with E-state index < -0.39 is 5.60 Å². The molecule has 2 unspecified atom stereocenters. The van der Waals surface area contributed by atoms with Crippen molar-refractivity contribution < 1.29 is 24.2 Å². The second-order valence-corrected chi connectivity index (χ2v) is 10.5. The Kier molecular flexibility index (Phi) is 6.62. The fourth-order valence-corrected chi connectivity index (χ4v) is 5.43. The number of carbonyl (C=O) groups is 2. The number of aromatic hydroxyl groups is 1. The van der Waals surface area contributed by atoms with Crippen molar-refractivity contribution in [1.82, 2.24) is 5.32 Å². The molecule has 1 fully saturated rings. The highest BCUT2D eigenvalue weighted by molar-refractivity contribution is 8.15. The molecule has 0 aromatic heterocycles. The maximum atomic E-state index is 12.9. The first kappa shape index (κ1) is 24.1. The molecule has 8 heteroatoms. The van der Waals surface area contributed by atoms with Crippen molar-refractivity contribution in [2.45, 2.75) is 64.2 Å². The maximum Gasteiger partial charge on any atom is 0.239 e. The van der Waals surface area contributed by atoms with Gasteiger partial charge >= 0.3 is 0 Å². The van der Waals surface area contributed by atoms with Crippen LogP contribution in [0.5, 0.6) is 17.2 Å². The zero-order valence-electron chi connectivity index (χ0n) is 19.9. The molecule has 2 heterocycles. The summed E-state index contributed by atoms with van der Waals surface area (Å²) in [5.41, 5.74) is 3.03. The smallest absolute Gasteiger partial charge is 0.239 e. The first-order valence-corrected chi connectivity index (χ1v) is 12.3. The number of hydrogen-bond donors (Lipinski definition) is 3. The van der Waals surface area contributed by atoms with Gasteiger partial charge in [0.15, 0.2) is 11.0 Å². The van der Waals surface area contributed by atoms with Crippen molar-refractivity contribution in [1.29, 1.82) is 5.41 Å². The van der Waals surface area contributed by atoms with E-state index in [0.29, 0.717) is 36.3 Å². The Morgan fingerprint density at radius 1 is 1.18 bits per heavy atom. The van der Waals surface area contributed by atoms with Crippen LogP contribution in [0.2, 0.25) is 0 Å². The lowest BCUT2D eigenvalue weighted by molar-refractivity contribution is -0.118. The van der Waals surface area contributed by atoms with E-state index in [4.69, 9.17) is 14.9 Å². The molecule has 180 valence electrons. The van der Waals surface area contributed by atoms with E-state index in [2.05, 4.69) is 5.32 Å². The standard InChI is InChI=1S/C26H30N2O5S/c1-14-15(2)23-21(16(3)22(14)30)19(29)13-26(4,33-23)10-5-11-32-18-8-6-17(7-9-18)12-20-24(31)28-25(27)34-20/h6-9,20,30H,5,10-13H2,1-4H3,(H2,27,28,31). The zero-order valence-corrected chi connectivity index (χ0v) is 20.7. The molecule has 1 saturated heterocycles. The summed E-state index contributed by atoms with van der Waals surface area (Å²) in [7, 11) is 0. The third kappa shape index (κ3) is 4.78. The lowest BCUT2D eigenvalue weighted by Gasteiger charge is -2.37. The number of rotatable bonds is 7. The van der Waals surface area contributed by atoms with E-state index in [9.17, 15) is 14.7 Å². The van der Waals surface area contributed by atoms with Crippen LogP contribution in [0.25, 0.3) is 0 Å². The first-order chi connectivity index (χ1) is 16.1. The number of ketones is 1. The summed E-state index contributed by atoms with van der Waals surface area (Å²) >= 11 is 1.24. The minimum absolute atomic E-state index is 0.000372. The van der Waals surface area contributed by atoms with Gasteiger partial charge in [-0.3, -0.25) is 15.0 Å². The van der Waals surface area contributed by atoms with Crippen LogP contribution in [-0.4, -0.2) is 39.4 Å². The zero-order chi connectivity index (χ0) is 24.6. The molecule has 0 saturated carbocycles. The summed E-state index contributed by atoms with van der Waals surface area (Å²) in [6.45, 7) is 7.92. The number of Topliss-reactive ketones (excluding diaryl/α,β-unsaturated/α-hetero) is 1. The van der Waals surface area contributed by atoms with Crippen LogP contribution in [0, 0.1) is 26.2 Å². The van der Waals surface area contributed by atoms with Crippen molar-refractivity contribution in [3.63, 3.8) is 0 Å². The maximum absolute atomic E-state index is 12.9. The topological polar surface area (TPSA) is 109 Å². The number of amides is 1. The summed E-state index contributed by atoms with van der Waals surface area (Å²) in [4.78, 5) is 24.7. The highest BCUT2D eigenvalue weighted by Crippen LogP contribution is 2.44. The number of thioether (sulfide) groups is 1. The van der Waals surface area contributed by atoms with Gasteiger partial charge in [-0.05, 0) is 75.8 Å². The summed E-state index contributed by atoms with van der Waals surface area (Å²) in [6, 6.07) is 7.65. The second-order valence-electron chi connectivity index (χ2n) is 9.30. The monoisotopic (exact) mass is 482 g/mol. The van der Waals surface area contributed by atoms with Crippen LogP contribution in [-0.2, 0) is 11.2 Å². The van der Waals surface area contributed by atoms with Crippen molar-refractivity contribution in [3.05, 3.63) is 52.1 Å². The van der Waals surface area contributed by atoms with Crippen LogP contribution in [0.3, 0.4) is 0 Å². The van der Waals surface area contributed by atoms with Crippen LogP contribution >= 0.6 is 11.8 Å². The van der Waals surface area contributed by atoms with Gasteiger partial charge in [0.05, 0.1) is 23.8 Å². The molecule has 4 rings (SSSR count). The number of phenolic OH excluding ortho intramolecular Hbond substituents is 1. The van der Waals surface area contributed by atoms with E-state index in [-0.39, 0.29) is 34.3 Å². The van der Waals surface area contributed by atoms with Crippen LogP contribution < -0.4 is 14.8 Å². The SMILES string of the molecule is Cc1c(C)c2c(c(C)c1O)C(=O)CC(C)(CCCOc1ccc(CC3SC(=N)NC3=O)cc1)O2. The van der Waals surface area contributed by atoms with E-state index in [1.807, 2.05) is 45.0 Å². The van der Waals surface area contributed by atoms with Crippen molar-refractivity contribution in [2.24, 2.45) is 0 Å². The number of benzene rings is 2. The molecule has 0 radical (unpaired) electrons. The normalized spacial score (nSPS) is 21.8. The summed E-state index contributed by atoms with van der Waals surface area (Å²) in [5, 5.41) is 20.3. The van der Waals surface area contributed by atoms with E-state index in [1.165, 1.54) is 11.8 Å². The summed E-state index contributed by atoms with van der Waals surface area (Å²) < 4.78 is 12.2. The quantitative estimate of drug-likeness (QED) is 0.498. The summed E-state index contributed by atoms with van der Waals surface area (Å²) in [6.07, 6.45) is 2.22. The van der Waals surface area contributed by atoms with Crippen LogP contribution in [0.15, 0.2) is 24.3 Å². The third-order valence-corrected chi connectivity index (χ3v) is 7.63. The number of amidine groups is 1. The average molecular weight is 483 g/mol. The molecule has 2 aliphatic rings. The Labute approximate surface area is 203 Å². The molecule has 34 heavy (non-hydrogen) atoms. The molecule has 1 amide bonds. The third-order valence-electron chi connectivity index (χ3n) is 6.63. The van der Waals surface area contributed by atoms with Crippen LogP contribution in [0.1, 0.15) is 58.8 Å². The predicted octanol–water partition coefficient (Wildman–Crippen LogP) is 4.61. The van der Waals surface area contributed by atoms with Crippen LogP contribution in [0.4, 0.5) is 0 Å². The molecular formula is C26H30N2O5S. The number of ether oxygens (including phenoxy) is 2. The van der Waals surface area contributed by atoms with Gasteiger partial charge in [-0.15, -0.1) is 0 Å². The fourth-order valence-electron chi connectivity index (χ4n) is 4.54. The van der Waals surface area contributed by atoms with Gasteiger partial charge in [-0.2, -0.15) is 0 Å². The molecule has 2 aromatic carbocycles. The molecule has 2 aromatic rings. The lowest BCUT2D eigenvalue weighted by Crippen LogP contribution is -2.40. The molecule has 3 N–H and O–H groups in total. The predicted molar refractivity (Wildman–Crippen MR) is 132 cm³/mol. The Balaban J connectivity index is 1.31. The number of phenols is 1. The molecule has 0 aliphatic carbocycles. The number of carbonyl (C=O) groups excluding carboxylic acids is 2. The van der Waals surface area contributed by atoms with Gasteiger partial charge in [-0.25, -0.2) is 0 Å². The Morgan fingerprint density at radius 3 is 2.53 bits per heavy atom. The highest BCUT2D eigenvalue weighted by Gasteiger charge is 2.39. The van der Waals surface area contributed by atoms with Crippen molar-refractivity contribution in [2.75, 3.05) is 6.61 Å². The van der Waals surface area contributed by atoms with Gasteiger partial charge in [0, 0.05) is 5.56 Å². The minimum Gasteiger partial charge on any atom is -0.507 e. The number of hydrogen-bond acceptors (Lipinski definition) is 7. The largest absolute Gasteiger partial charge is 0.507 e. The highest BCUT2D eigenvalue weighted by atomic mass is 32.2. The number of fused-ring (bicyclic) bond motifs is 1. The van der Waals surface area contributed by atoms with E-state index in [1.54, 1.807) is 6.92 Å². The molecule has 2 aliphatic heterocycles. The van der Waals surface area contributed by atoms with Crippen molar-refractivity contribution in [3.8, 4) is 17.2 Å². The lowest BCUT2D eigenvalue weighted by atomic mass is 9.84. The van der Waals surface area contributed by atoms with Crippen molar-refractivity contribution >= 4 is 28.6 Å². The average Bonchev–Trinajstić information content (AvgIpc) is 3.11.